The molecule has 1 aliphatic rings. The number of carboxylic acid groups (broad SMARTS) is 1. The van der Waals surface area contributed by atoms with Crippen LogP contribution in [0, 0.1) is 0 Å². The fourth-order valence-electron chi connectivity index (χ4n) is 2.95. The maximum Gasteiger partial charge on any atom is 0.345 e. The SMILES string of the molecule is O=C(O)c1ccc(CN2CCc3nc(-c4ccncc4)ncc3C2)s1. The molecular formula is C18H16N4O2S. The third-order valence-electron chi connectivity index (χ3n) is 4.20. The van der Waals surface area contributed by atoms with E-state index < -0.39 is 5.97 Å². The van der Waals surface area contributed by atoms with Crippen molar-refractivity contribution in [3.8, 4) is 11.4 Å². The van der Waals surface area contributed by atoms with E-state index in [1.165, 1.54) is 11.3 Å². The molecule has 3 aromatic heterocycles. The zero-order valence-electron chi connectivity index (χ0n) is 13.4. The molecule has 4 heterocycles. The first kappa shape index (κ1) is 15.9. The largest absolute Gasteiger partial charge is 0.477 e. The van der Waals surface area contributed by atoms with Gasteiger partial charge in [0.25, 0.3) is 0 Å². The van der Waals surface area contributed by atoms with Crippen LogP contribution < -0.4 is 0 Å². The van der Waals surface area contributed by atoms with Crippen molar-refractivity contribution in [2.24, 2.45) is 0 Å². The molecule has 0 aromatic carbocycles. The van der Waals surface area contributed by atoms with Crippen LogP contribution in [-0.4, -0.2) is 37.5 Å². The Hall–Kier alpha value is -2.64. The maximum absolute atomic E-state index is 11.0. The molecule has 7 heteroatoms. The van der Waals surface area contributed by atoms with Gasteiger partial charge in [-0.1, -0.05) is 0 Å². The summed E-state index contributed by atoms with van der Waals surface area (Å²) in [6, 6.07) is 7.39. The second-order valence-corrected chi connectivity index (χ2v) is 7.10. The first-order chi connectivity index (χ1) is 12.2. The highest BCUT2D eigenvalue weighted by Crippen LogP contribution is 2.24. The van der Waals surface area contributed by atoms with Gasteiger partial charge in [-0.25, -0.2) is 14.8 Å². The quantitative estimate of drug-likeness (QED) is 0.778. The predicted molar refractivity (Wildman–Crippen MR) is 94.4 cm³/mol. The third-order valence-corrected chi connectivity index (χ3v) is 5.26. The zero-order chi connectivity index (χ0) is 17.2. The summed E-state index contributed by atoms with van der Waals surface area (Å²) in [5.41, 5.74) is 3.20. The zero-order valence-corrected chi connectivity index (χ0v) is 14.2. The Morgan fingerprint density at radius 3 is 2.84 bits per heavy atom. The molecule has 0 unspecified atom stereocenters. The number of thiophene rings is 1. The molecule has 0 amide bonds. The summed E-state index contributed by atoms with van der Waals surface area (Å²) in [6.45, 7) is 2.44. The van der Waals surface area contributed by atoms with Crippen LogP contribution in [0.3, 0.4) is 0 Å². The fourth-order valence-corrected chi connectivity index (χ4v) is 3.84. The number of aromatic carboxylic acids is 1. The van der Waals surface area contributed by atoms with Crippen LogP contribution in [0.5, 0.6) is 0 Å². The molecular weight excluding hydrogens is 336 g/mol. The van der Waals surface area contributed by atoms with Gasteiger partial charge in [-0.2, -0.15) is 0 Å². The minimum atomic E-state index is -0.864. The number of carboxylic acids is 1. The van der Waals surface area contributed by atoms with Crippen LogP contribution in [0.4, 0.5) is 0 Å². The lowest BCUT2D eigenvalue weighted by atomic mass is 10.1. The van der Waals surface area contributed by atoms with Crippen molar-refractivity contribution < 1.29 is 9.90 Å². The van der Waals surface area contributed by atoms with Crippen LogP contribution >= 0.6 is 11.3 Å². The lowest BCUT2D eigenvalue weighted by Gasteiger charge is -2.27. The Morgan fingerprint density at radius 1 is 1.24 bits per heavy atom. The number of nitrogens with zero attached hydrogens (tertiary/aromatic N) is 4. The molecule has 25 heavy (non-hydrogen) atoms. The standard InChI is InChI=1S/C18H16N4O2S/c23-18(24)16-2-1-14(25-16)11-22-8-5-15-13(10-22)9-20-17(21-15)12-3-6-19-7-4-12/h1-4,6-7,9H,5,8,10-11H2,(H,23,24). The van der Waals surface area contributed by atoms with E-state index in [1.54, 1.807) is 18.5 Å². The highest BCUT2D eigenvalue weighted by molar-refractivity contribution is 7.13. The van der Waals surface area contributed by atoms with E-state index in [9.17, 15) is 4.79 Å². The number of fused-ring (bicyclic) bond motifs is 1. The highest BCUT2D eigenvalue weighted by atomic mass is 32.1. The van der Waals surface area contributed by atoms with Crippen LogP contribution in [0.1, 0.15) is 25.8 Å². The van der Waals surface area contributed by atoms with Crippen molar-refractivity contribution in [2.45, 2.75) is 19.5 Å². The van der Waals surface area contributed by atoms with E-state index >= 15 is 0 Å². The van der Waals surface area contributed by atoms with Crippen molar-refractivity contribution in [3.05, 3.63) is 63.9 Å². The third kappa shape index (κ3) is 3.42. The summed E-state index contributed by atoms with van der Waals surface area (Å²) in [7, 11) is 0. The maximum atomic E-state index is 11.0. The summed E-state index contributed by atoms with van der Waals surface area (Å²) in [5.74, 6) is -0.128. The van der Waals surface area contributed by atoms with Crippen molar-refractivity contribution in [1.82, 2.24) is 19.9 Å². The van der Waals surface area contributed by atoms with E-state index in [1.807, 2.05) is 24.4 Å². The van der Waals surface area contributed by atoms with E-state index in [2.05, 4.69) is 14.9 Å². The molecule has 4 rings (SSSR count). The molecule has 1 aliphatic heterocycles. The van der Waals surface area contributed by atoms with Gasteiger partial charge >= 0.3 is 5.97 Å². The lowest BCUT2D eigenvalue weighted by molar-refractivity contribution is 0.0702. The molecule has 0 atom stereocenters. The number of rotatable bonds is 4. The highest BCUT2D eigenvalue weighted by Gasteiger charge is 2.20. The predicted octanol–water partition coefficient (Wildman–Crippen LogP) is 2.86. The molecule has 0 bridgehead atoms. The van der Waals surface area contributed by atoms with Crippen molar-refractivity contribution in [2.75, 3.05) is 6.54 Å². The molecule has 1 N–H and O–H groups in total. The molecule has 126 valence electrons. The Kier molecular flexibility index (Phi) is 4.25. The van der Waals surface area contributed by atoms with Gasteiger partial charge in [0.05, 0.1) is 5.69 Å². The molecule has 0 saturated carbocycles. The lowest BCUT2D eigenvalue weighted by Crippen LogP contribution is -2.30. The molecule has 0 spiro atoms. The summed E-state index contributed by atoms with van der Waals surface area (Å²) < 4.78 is 0. The number of aromatic nitrogens is 3. The molecule has 0 radical (unpaired) electrons. The van der Waals surface area contributed by atoms with Gasteiger partial charge in [-0.15, -0.1) is 11.3 Å². The van der Waals surface area contributed by atoms with Crippen molar-refractivity contribution >= 4 is 17.3 Å². The Morgan fingerprint density at radius 2 is 2.08 bits per heavy atom. The summed E-state index contributed by atoms with van der Waals surface area (Å²) in [6.07, 6.45) is 6.26. The second kappa shape index (κ2) is 6.70. The summed E-state index contributed by atoms with van der Waals surface area (Å²) in [4.78, 5) is 28.0. The Labute approximate surface area is 148 Å². The first-order valence-corrected chi connectivity index (χ1v) is 8.80. The smallest absolute Gasteiger partial charge is 0.345 e. The number of hydrogen-bond acceptors (Lipinski definition) is 6. The summed E-state index contributed by atoms with van der Waals surface area (Å²) in [5, 5.41) is 9.03. The minimum Gasteiger partial charge on any atom is -0.477 e. The fraction of sp³-hybridized carbons (Fsp3) is 0.222. The number of carbonyl (C=O) groups is 1. The van der Waals surface area contributed by atoms with Gasteiger partial charge in [0.2, 0.25) is 0 Å². The number of pyridine rings is 1. The molecule has 0 fully saturated rings. The number of hydrogen-bond donors (Lipinski definition) is 1. The van der Waals surface area contributed by atoms with Gasteiger partial charge in [-0.05, 0) is 24.3 Å². The second-order valence-electron chi connectivity index (χ2n) is 5.93. The first-order valence-electron chi connectivity index (χ1n) is 7.98. The van der Waals surface area contributed by atoms with Gasteiger partial charge < -0.3 is 5.11 Å². The Bertz CT molecular complexity index is 910. The summed E-state index contributed by atoms with van der Waals surface area (Å²) >= 11 is 1.34. The normalized spacial score (nSPS) is 14.2. The van der Waals surface area contributed by atoms with Gasteiger partial charge in [-0.3, -0.25) is 9.88 Å². The molecule has 0 aliphatic carbocycles. The van der Waals surface area contributed by atoms with Gasteiger partial charge in [0.15, 0.2) is 5.82 Å². The van der Waals surface area contributed by atoms with Crippen molar-refractivity contribution in [3.63, 3.8) is 0 Å². The van der Waals surface area contributed by atoms with Crippen LogP contribution in [-0.2, 0) is 19.5 Å². The van der Waals surface area contributed by atoms with E-state index in [0.29, 0.717) is 4.88 Å². The van der Waals surface area contributed by atoms with Gasteiger partial charge in [0.1, 0.15) is 4.88 Å². The molecule has 3 aromatic rings. The van der Waals surface area contributed by atoms with E-state index in [4.69, 9.17) is 10.1 Å². The molecule has 0 saturated heterocycles. The van der Waals surface area contributed by atoms with Crippen LogP contribution in [0.15, 0.2) is 42.9 Å². The minimum absolute atomic E-state index is 0.387. The topological polar surface area (TPSA) is 79.2 Å². The van der Waals surface area contributed by atoms with Crippen LogP contribution in [0.2, 0.25) is 0 Å². The van der Waals surface area contributed by atoms with Gasteiger partial charge in [0, 0.05) is 60.6 Å². The van der Waals surface area contributed by atoms with Crippen LogP contribution in [0.25, 0.3) is 11.4 Å². The van der Waals surface area contributed by atoms with Crippen molar-refractivity contribution in [1.29, 1.82) is 0 Å². The monoisotopic (exact) mass is 352 g/mol. The van der Waals surface area contributed by atoms with E-state index in [0.717, 1.165) is 53.6 Å². The molecule has 6 nitrogen and oxygen atoms in total. The van der Waals surface area contributed by atoms with E-state index in [-0.39, 0.29) is 0 Å². The Balaban J connectivity index is 1.49. The average Bonchev–Trinajstić information content (AvgIpc) is 3.11. The average molecular weight is 352 g/mol.